The van der Waals surface area contributed by atoms with E-state index in [0.29, 0.717) is 6.61 Å². The molecule has 5 heteroatoms. The van der Waals surface area contributed by atoms with Gasteiger partial charge in [-0.05, 0) is 19.3 Å². The Morgan fingerprint density at radius 3 is 2.21 bits per heavy atom. The average molecular weight is 344 g/mol. The van der Waals surface area contributed by atoms with E-state index in [-0.39, 0.29) is 6.61 Å². The van der Waals surface area contributed by atoms with Crippen LogP contribution < -0.4 is 0 Å². The first-order valence-corrected chi connectivity index (χ1v) is 9.51. The molecule has 1 heterocycles. The zero-order valence-electron chi connectivity index (χ0n) is 14.9. The van der Waals surface area contributed by atoms with Gasteiger partial charge in [0, 0.05) is 6.61 Å². The number of hydrogen-bond donors (Lipinski definition) is 3. The van der Waals surface area contributed by atoms with Crippen molar-refractivity contribution in [2.45, 2.75) is 88.6 Å². The Balaban J connectivity index is 1.89. The van der Waals surface area contributed by atoms with Crippen LogP contribution in [0.4, 0.5) is 0 Å². The van der Waals surface area contributed by atoms with E-state index in [9.17, 15) is 10.2 Å². The predicted molar refractivity (Wildman–Crippen MR) is 94.9 cm³/mol. The van der Waals surface area contributed by atoms with Gasteiger partial charge in [-0.1, -0.05) is 51.0 Å². The fourth-order valence-electron chi connectivity index (χ4n) is 3.07. The van der Waals surface area contributed by atoms with E-state index in [1.165, 1.54) is 44.9 Å². The van der Waals surface area contributed by atoms with E-state index in [1.807, 2.05) is 6.08 Å². The van der Waals surface area contributed by atoms with Crippen molar-refractivity contribution in [3.63, 3.8) is 0 Å². The maximum Gasteiger partial charge on any atom is 0.114 e. The minimum Gasteiger partial charge on any atom is -0.394 e. The molecule has 0 unspecified atom stereocenters. The second-order valence-electron chi connectivity index (χ2n) is 6.71. The van der Waals surface area contributed by atoms with E-state index in [4.69, 9.17) is 14.6 Å². The molecule has 0 aromatic rings. The third kappa shape index (κ3) is 8.58. The monoisotopic (exact) mass is 344 g/mol. The normalized spacial score (nSPS) is 25.0. The van der Waals surface area contributed by atoms with Gasteiger partial charge in [-0.2, -0.15) is 0 Å². The third-order valence-corrected chi connectivity index (χ3v) is 4.62. The standard InChI is InChI=1S/C19H36O5/c1-2-3-4-5-6-7-8-9-10-11-12-13-23-17-15-24-19(18(17)22)16(21)14-20/h2,16-22H,1,3-15H2/t16-,17+,18-,19-/m0/s1. The van der Waals surface area contributed by atoms with Crippen LogP contribution in [0, 0.1) is 0 Å². The highest BCUT2D eigenvalue weighted by molar-refractivity contribution is 4.88. The molecule has 1 aliphatic rings. The summed E-state index contributed by atoms with van der Waals surface area (Å²) in [7, 11) is 0. The van der Waals surface area contributed by atoms with E-state index < -0.39 is 31.0 Å². The molecular weight excluding hydrogens is 308 g/mol. The number of unbranched alkanes of at least 4 members (excludes halogenated alkanes) is 9. The summed E-state index contributed by atoms with van der Waals surface area (Å²) >= 11 is 0. The zero-order chi connectivity index (χ0) is 17.6. The van der Waals surface area contributed by atoms with Gasteiger partial charge in [-0.15, -0.1) is 6.58 Å². The molecule has 142 valence electrons. The largest absolute Gasteiger partial charge is 0.394 e. The van der Waals surface area contributed by atoms with E-state index in [0.717, 1.165) is 19.3 Å². The fourth-order valence-corrected chi connectivity index (χ4v) is 3.07. The predicted octanol–water partition coefficient (Wildman–Crippen LogP) is 2.57. The van der Waals surface area contributed by atoms with Crippen LogP contribution in [0.15, 0.2) is 12.7 Å². The molecule has 24 heavy (non-hydrogen) atoms. The van der Waals surface area contributed by atoms with Crippen molar-refractivity contribution in [1.82, 2.24) is 0 Å². The lowest BCUT2D eigenvalue weighted by Gasteiger charge is -2.20. The highest BCUT2D eigenvalue weighted by atomic mass is 16.6. The van der Waals surface area contributed by atoms with Crippen LogP contribution in [0.2, 0.25) is 0 Å². The Kier molecular flexibility index (Phi) is 12.4. The topological polar surface area (TPSA) is 79.2 Å². The number of rotatable bonds is 15. The summed E-state index contributed by atoms with van der Waals surface area (Å²) in [5, 5.41) is 28.4. The van der Waals surface area contributed by atoms with Crippen LogP contribution >= 0.6 is 0 Å². The first-order valence-electron chi connectivity index (χ1n) is 9.51. The fraction of sp³-hybridized carbons (Fsp3) is 0.895. The van der Waals surface area contributed by atoms with Crippen molar-refractivity contribution in [3.8, 4) is 0 Å². The Morgan fingerprint density at radius 1 is 1.04 bits per heavy atom. The van der Waals surface area contributed by atoms with Gasteiger partial charge in [-0.25, -0.2) is 0 Å². The van der Waals surface area contributed by atoms with Gasteiger partial charge in [0.2, 0.25) is 0 Å². The Hall–Kier alpha value is -0.460. The number of aliphatic hydroxyl groups is 3. The van der Waals surface area contributed by atoms with Crippen molar-refractivity contribution in [2.75, 3.05) is 19.8 Å². The van der Waals surface area contributed by atoms with Gasteiger partial charge in [0.1, 0.15) is 24.4 Å². The summed E-state index contributed by atoms with van der Waals surface area (Å²) < 4.78 is 10.9. The maximum absolute atomic E-state index is 10.0. The quantitative estimate of drug-likeness (QED) is 0.314. The molecule has 1 aliphatic heterocycles. The molecule has 0 radical (unpaired) electrons. The van der Waals surface area contributed by atoms with Gasteiger partial charge in [-0.3, -0.25) is 0 Å². The van der Waals surface area contributed by atoms with Crippen molar-refractivity contribution in [1.29, 1.82) is 0 Å². The van der Waals surface area contributed by atoms with Crippen LogP contribution in [-0.4, -0.2) is 59.6 Å². The lowest BCUT2D eigenvalue weighted by molar-refractivity contribution is -0.0730. The zero-order valence-corrected chi connectivity index (χ0v) is 14.9. The van der Waals surface area contributed by atoms with Gasteiger partial charge in [0.15, 0.2) is 0 Å². The van der Waals surface area contributed by atoms with Crippen LogP contribution in [0.3, 0.4) is 0 Å². The highest BCUT2D eigenvalue weighted by Gasteiger charge is 2.40. The molecule has 0 amide bonds. The molecule has 0 spiro atoms. The third-order valence-electron chi connectivity index (χ3n) is 4.62. The minimum absolute atomic E-state index is 0.273. The summed E-state index contributed by atoms with van der Waals surface area (Å²) in [6.07, 6.45) is 11.3. The lowest BCUT2D eigenvalue weighted by Crippen LogP contribution is -2.41. The molecule has 0 aromatic heterocycles. The average Bonchev–Trinajstić information content (AvgIpc) is 2.96. The SMILES string of the molecule is C=CCCCCCCCCCCCO[C@@H]1CO[C@@H]([C@@H](O)CO)[C@H]1O. The van der Waals surface area contributed by atoms with E-state index in [2.05, 4.69) is 6.58 Å². The van der Waals surface area contributed by atoms with Crippen LogP contribution in [0.25, 0.3) is 0 Å². The molecule has 4 atom stereocenters. The van der Waals surface area contributed by atoms with Gasteiger partial charge in [0.25, 0.3) is 0 Å². The van der Waals surface area contributed by atoms with Gasteiger partial charge < -0.3 is 24.8 Å². The van der Waals surface area contributed by atoms with E-state index in [1.54, 1.807) is 0 Å². The number of aliphatic hydroxyl groups excluding tert-OH is 3. The van der Waals surface area contributed by atoms with Crippen LogP contribution in [-0.2, 0) is 9.47 Å². The molecule has 1 rings (SSSR count). The molecule has 0 saturated carbocycles. The minimum atomic E-state index is -1.05. The molecule has 0 aliphatic carbocycles. The van der Waals surface area contributed by atoms with Crippen molar-refractivity contribution < 1.29 is 24.8 Å². The molecule has 0 bridgehead atoms. The Bertz CT molecular complexity index is 310. The smallest absolute Gasteiger partial charge is 0.114 e. The maximum atomic E-state index is 10.0. The summed E-state index contributed by atoms with van der Waals surface area (Å²) in [5.74, 6) is 0. The van der Waals surface area contributed by atoms with Crippen molar-refractivity contribution in [3.05, 3.63) is 12.7 Å². The Labute approximate surface area is 146 Å². The first kappa shape index (κ1) is 21.6. The molecule has 3 N–H and O–H groups in total. The summed E-state index contributed by atoms with van der Waals surface area (Å²) in [5.41, 5.74) is 0. The molecule has 1 fully saturated rings. The van der Waals surface area contributed by atoms with Crippen LogP contribution in [0.1, 0.15) is 64.2 Å². The second-order valence-corrected chi connectivity index (χ2v) is 6.71. The summed E-state index contributed by atoms with van der Waals surface area (Å²) in [4.78, 5) is 0. The van der Waals surface area contributed by atoms with Crippen LogP contribution in [0.5, 0.6) is 0 Å². The van der Waals surface area contributed by atoms with Gasteiger partial charge >= 0.3 is 0 Å². The van der Waals surface area contributed by atoms with Crippen molar-refractivity contribution >= 4 is 0 Å². The molecule has 0 aromatic carbocycles. The summed E-state index contributed by atoms with van der Waals surface area (Å²) in [6.45, 7) is 4.20. The molecular formula is C19H36O5. The number of ether oxygens (including phenoxy) is 2. The highest BCUT2D eigenvalue weighted by Crippen LogP contribution is 2.20. The Morgan fingerprint density at radius 2 is 1.62 bits per heavy atom. The second kappa shape index (κ2) is 13.8. The first-order chi connectivity index (χ1) is 11.7. The molecule has 5 nitrogen and oxygen atoms in total. The summed E-state index contributed by atoms with van der Waals surface area (Å²) in [6, 6.07) is 0. The van der Waals surface area contributed by atoms with Gasteiger partial charge in [0.05, 0.1) is 13.2 Å². The van der Waals surface area contributed by atoms with E-state index >= 15 is 0 Å². The lowest BCUT2D eigenvalue weighted by atomic mass is 10.1. The van der Waals surface area contributed by atoms with Crippen molar-refractivity contribution in [2.24, 2.45) is 0 Å². The number of allylic oxidation sites excluding steroid dienone is 1. The molecule has 1 saturated heterocycles. The number of hydrogen-bond acceptors (Lipinski definition) is 5.